The molecule has 0 aliphatic rings. The summed E-state index contributed by atoms with van der Waals surface area (Å²) in [5.74, 6) is 0. The Morgan fingerprint density at radius 1 is 0.950 bits per heavy atom. The summed E-state index contributed by atoms with van der Waals surface area (Å²) in [6, 6.07) is 12.9. The third-order valence-electron chi connectivity index (χ3n) is 3.15. The molecule has 0 amide bonds. The zero-order valence-corrected chi connectivity index (χ0v) is 10.4. The second kappa shape index (κ2) is 4.30. The van der Waals surface area contributed by atoms with Gasteiger partial charge in [0.1, 0.15) is 0 Å². The minimum Gasteiger partial charge on any atom is -0.399 e. The maximum absolute atomic E-state index is 12.8. The second-order valence-corrected chi connectivity index (χ2v) is 4.56. The number of hydrogen-bond acceptors (Lipinski definition) is 1. The number of aromatic nitrogens is 1. The van der Waals surface area contributed by atoms with Crippen LogP contribution in [0.1, 0.15) is 5.56 Å². The molecular formula is C15H11F3N2. The first-order valence-electron chi connectivity index (χ1n) is 5.99. The smallest absolute Gasteiger partial charge is 0.399 e. The molecule has 0 aliphatic heterocycles. The van der Waals surface area contributed by atoms with Crippen LogP contribution in [0.15, 0.2) is 54.7 Å². The number of fused-ring (bicyclic) bond motifs is 1. The monoisotopic (exact) mass is 276 g/mol. The molecule has 0 unspecified atom stereocenters. The molecule has 0 saturated carbocycles. The summed E-state index contributed by atoms with van der Waals surface area (Å²) in [6.45, 7) is 0. The molecule has 0 saturated heterocycles. The van der Waals surface area contributed by atoms with Crippen LogP contribution >= 0.6 is 0 Å². The molecule has 20 heavy (non-hydrogen) atoms. The fourth-order valence-corrected chi connectivity index (χ4v) is 2.25. The van der Waals surface area contributed by atoms with E-state index in [1.807, 2.05) is 30.3 Å². The van der Waals surface area contributed by atoms with Crippen LogP contribution in [0, 0.1) is 0 Å². The number of nitrogen functional groups attached to an aromatic ring is 1. The van der Waals surface area contributed by atoms with E-state index in [0.29, 0.717) is 5.69 Å². The summed E-state index contributed by atoms with van der Waals surface area (Å²) in [5, 5.41) is 0.962. The molecule has 1 aromatic heterocycles. The first kappa shape index (κ1) is 12.6. The zero-order valence-electron chi connectivity index (χ0n) is 10.4. The van der Waals surface area contributed by atoms with E-state index >= 15 is 0 Å². The van der Waals surface area contributed by atoms with E-state index in [4.69, 9.17) is 5.73 Å². The Kier molecular flexibility index (Phi) is 2.71. The van der Waals surface area contributed by atoms with Crippen molar-refractivity contribution >= 4 is 16.6 Å². The van der Waals surface area contributed by atoms with Crippen LogP contribution in [-0.4, -0.2) is 4.57 Å². The van der Waals surface area contributed by atoms with Gasteiger partial charge in [-0.05, 0) is 35.7 Å². The maximum atomic E-state index is 12.8. The third-order valence-corrected chi connectivity index (χ3v) is 3.15. The van der Waals surface area contributed by atoms with Crippen LogP contribution in [-0.2, 0) is 6.18 Å². The SMILES string of the molecule is Nc1cc(-n2ccc3ccccc32)cc(C(F)(F)F)c1. The van der Waals surface area contributed by atoms with E-state index in [9.17, 15) is 13.2 Å². The fraction of sp³-hybridized carbons (Fsp3) is 0.0667. The van der Waals surface area contributed by atoms with Gasteiger partial charge in [-0.25, -0.2) is 0 Å². The molecule has 0 bridgehead atoms. The third kappa shape index (κ3) is 2.11. The first-order valence-corrected chi connectivity index (χ1v) is 5.99. The highest BCUT2D eigenvalue weighted by Gasteiger charge is 2.31. The molecule has 0 radical (unpaired) electrons. The molecule has 3 rings (SSSR count). The summed E-state index contributed by atoms with van der Waals surface area (Å²) in [7, 11) is 0. The second-order valence-electron chi connectivity index (χ2n) is 4.56. The van der Waals surface area contributed by atoms with Gasteiger partial charge in [0.25, 0.3) is 0 Å². The standard InChI is InChI=1S/C15H11F3N2/c16-15(17,18)11-7-12(19)9-13(8-11)20-6-5-10-3-1-2-4-14(10)20/h1-9H,19H2. The van der Waals surface area contributed by atoms with E-state index in [-0.39, 0.29) is 5.69 Å². The van der Waals surface area contributed by atoms with Gasteiger partial charge < -0.3 is 10.3 Å². The Balaban J connectivity index is 2.22. The number of anilines is 1. The van der Waals surface area contributed by atoms with E-state index in [0.717, 1.165) is 23.0 Å². The molecule has 2 N–H and O–H groups in total. The maximum Gasteiger partial charge on any atom is 0.416 e. The number of nitrogens with two attached hydrogens (primary N) is 1. The first-order chi connectivity index (χ1) is 9.45. The van der Waals surface area contributed by atoms with Crippen LogP contribution < -0.4 is 5.73 Å². The lowest BCUT2D eigenvalue weighted by molar-refractivity contribution is -0.137. The highest BCUT2D eigenvalue weighted by Crippen LogP contribution is 2.33. The van der Waals surface area contributed by atoms with E-state index in [1.165, 1.54) is 6.07 Å². The molecule has 102 valence electrons. The van der Waals surface area contributed by atoms with Crippen LogP contribution in [0.3, 0.4) is 0 Å². The lowest BCUT2D eigenvalue weighted by Gasteiger charge is -2.12. The number of nitrogens with zero attached hydrogens (tertiary/aromatic N) is 1. The summed E-state index contributed by atoms with van der Waals surface area (Å²) < 4.78 is 40.2. The predicted octanol–water partition coefficient (Wildman–Crippen LogP) is 4.23. The van der Waals surface area contributed by atoms with Crippen molar-refractivity contribution in [3.63, 3.8) is 0 Å². The van der Waals surface area contributed by atoms with Gasteiger partial charge in [-0.15, -0.1) is 0 Å². The molecule has 2 aromatic carbocycles. The molecule has 0 atom stereocenters. The van der Waals surface area contributed by atoms with Crippen molar-refractivity contribution in [1.82, 2.24) is 4.57 Å². The van der Waals surface area contributed by atoms with Crippen LogP contribution in [0.5, 0.6) is 0 Å². The fourth-order valence-electron chi connectivity index (χ4n) is 2.25. The number of alkyl halides is 3. The van der Waals surface area contributed by atoms with Crippen LogP contribution in [0.25, 0.3) is 16.6 Å². The molecule has 2 nitrogen and oxygen atoms in total. The normalized spacial score (nSPS) is 11.9. The Labute approximate surface area is 113 Å². The Morgan fingerprint density at radius 2 is 1.70 bits per heavy atom. The molecule has 0 fully saturated rings. The zero-order chi connectivity index (χ0) is 14.3. The van der Waals surface area contributed by atoms with Gasteiger partial charge in [0.05, 0.1) is 11.1 Å². The molecule has 0 aliphatic carbocycles. The number of rotatable bonds is 1. The van der Waals surface area contributed by atoms with Crippen molar-refractivity contribution in [2.75, 3.05) is 5.73 Å². The predicted molar refractivity (Wildman–Crippen MR) is 72.7 cm³/mol. The van der Waals surface area contributed by atoms with E-state index < -0.39 is 11.7 Å². The van der Waals surface area contributed by atoms with Gasteiger partial charge in [0.15, 0.2) is 0 Å². The minimum absolute atomic E-state index is 0.0904. The molecule has 1 heterocycles. The Morgan fingerprint density at radius 3 is 2.45 bits per heavy atom. The van der Waals surface area contributed by atoms with Crippen molar-refractivity contribution in [2.45, 2.75) is 6.18 Å². The Bertz CT molecular complexity index is 772. The number of hydrogen-bond donors (Lipinski definition) is 1. The molecule has 3 aromatic rings. The molecule has 5 heteroatoms. The van der Waals surface area contributed by atoms with Crippen molar-refractivity contribution in [2.24, 2.45) is 0 Å². The topological polar surface area (TPSA) is 30.9 Å². The molecule has 0 spiro atoms. The quantitative estimate of drug-likeness (QED) is 0.662. The average molecular weight is 276 g/mol. The van der Waals surface area contributed by atoms with E-state index in [2.05, 4.69) is 0 Å². The minimum atomic E-state index is -4.41. The largest absolute Gasteiger partial charge is 0.416 e. The van der Waals surface area contributed by atoms with Gasteiger partial charge in [0.2, 0.25) is 0 Å². The van der Waals surface area contributed by atoms with Crippen molar-refractivity contribution < 1.29 is 13.2 Å². The highest BCUT2D eigenvalue weighted by atomic mass is 19.4. The van der Waals surface area contributed by atoms with Crippen molar-refractivity contribution in [3.8, 4) is 5.69 Å². The van der Waals surface area contributed by atoms with Crippen molar-refractivity contribution in [1.29, 1.82) is 0 Å². The van der Waals surface area contributed by atoms with E-state index in [1.54, 1.807) is 10.8 Å². The lowest BCUT2D eigenvalue weighted by Crippen LogP contribution is -2.07. The van der Waals surface area contributed by atoms with Gasteiger partial charge in [-0.1, -0.05) is 18.2 Å². The van der Waals surface area contributed by atoms with Gasteiger partial charge >= 0.3 is 6.18 Å². The lowest BCUT2D eigenvalue weighted by atomic mass is 10.1. The number of benzene rings is 2. The van der Waals surface area contributed by atoms with Gasteiger partial charge in [0, 0.05) is 17.6 Å². The van der Waals surface area contributed by atoms with Crippen LogP contribution in [0.4, 0.5) is 18.9 Å². The average Bonchev–Trinajstić information content (AvgIpc) is 2.80. The Hall–Kier alpha value is -2.43. The molecular weight excluding hydrogens is 265 g/mol. The van der Waals surface area contributed by atoms with Gasteiger partial charge in [-0.2, -0.15) is 13.2 Å². The van der Waals surface area contributed by atoms with Crippen LogP contribution in [0.2, 0.25) is 0 Å². The number of halogens is 3. The number of para-hydroxylation sites is 1. The summed E-state index contributed by atoms with van der Waals surface area (Å²) in [5.41, 5.74) is 6.18. The van der Waals surface area contributed by atoms with Gasteiger partial charge in [-0.3, -0.25) is 0 Å². The summed E-state index contributed by atoms with van der Waals surface area (Å²) in [4.78, 5) is 0. The van der Waals surface area contributed by atoms with Crippen molar-refractivity contribution in [3.05, 3.63) is 60.3 Å². The summed E-state index contributed by atoms with van der Waals surface area (Å²) in [6.07, 6.45) is -2.67. The summed E-state index contributed by atoms with van der Waals surface area (Å²) >= 11 is 0. The highest BCUT2D eigenvalue weighted by molar-refractivity contribution is 5.82.